The highest BCUT2D eigenvalue weighted by molar-refractivity contribution is 5.89. The second kappa shape index (κ2) is 7.40. The van der Waals surface area contributed by atoms with Crippen molar-refractivity contribution in [3.8, 4) is 17.6 Å². The summed E-state index contributed by atoms with van der Waals surface area (Å²) in [6, 6.07) is 12.0. The first-order valence-corrected chi connectivity index (χ1v) is 8.23. The Morgan fingerprint density at radius 1 is 1.21 bits per heavy atom. The van der Waals surface area contributed by atoms with Crippen LogP contribution in [0.5, 0.6) is 5.75 Å². The van der Waals surface area contributed by atoms with E-state index in [0.717, 1.165) is 16.3 Å². The summed E-state index contributed by atoms with van der Waals surface area (Å²) in [6.07, 6.45) is 0. The fourth-order valence-corrected chi connectivity index (χ4v) is 2.16. The maximum atomic E-state index is 11.9. The summed E-state index contributed by atoms with van der Waals surface area (Å²) in [6.45, 7) is 8.90. The second-order valence-corrected chi connectivity index (χ2v) is 6.89. The highest BCUT2D eigenvalue weighted by Crippen LogP contribution is 2.25. The average molecular weight is 323 g/mol. The van der Waals surface area contributed by atoms with Crippen LogP contribution in [0.15, 0.2) is 36.4 Å². The molecular formula is C21H25NO2. The van der Waals surface area contributed by atoms with E-state index in [9.17, 15) is 4.79 Å². The summed E-state index contributed by atoms with van der Waals surface area (Å²) in [5.74, 6) is 7.17. The molecule has 2 rings (SSSR count). The van der Waals surface area contributed by atoms with Crippen LogP contribution in [0.4, 0.5) is 0 Å². The monoisotopic (exact) mass is 323 g/mol. The first-order valence-electron chi connectivity index (χ1n) is 8.23. The molecule has 2 aromatic rings. The number of carbonyl (C=O) groups is 1. The molecule has 2 aromatic carbocycles. The van der Waals surface area contributed by atoms with Crippen molar-refractivity contribution in [2.75, 3.05) is 20.2 Å². The van der Waals surface area contributed by atoms with Gasteiger partial charge in [-0.05, 0) is 50.6 Å². The van der Waals surface area contributed by atoms with Crippen molar-refractivity contribution >= 4 is 16.7 Å². The van der Waals surface area contributed by atoms with Gasteiger partial charge in [0.25, 0.3) is 5.91 Å². The summed E-state index contributed by atoms with van der Waals surface area (Å²) in [5.41, 5.74) is 0.854. The molecule has 126 valence electrons. The predicted octanol–water partition coefficient (Wildman–Crippen LogP) is 4.09. The van der Waals surface area contributed by atoms with E-state index in [-0.39, 0.29) is 17.9 Å². The SMILES string of the molecule is CCN(C)C(=O)COc1cc(C#CC(C)(C)C)c2ccccc2c1. The Morgan fingerprint density at radius 2 is 1.92 bits per heavy atom. The van der Waals surface area contributed by atoms with Crippen LogP contribution >= 0.6 is 0 Å². The number of amides is 1. The van der Waals surface area contributed by atoms with Crippen LogP contribution in [0.2, 0.25) is 0 Å². The molecule has 0 atom stereocenters. The Morgan fingerprint density at radius 3 is 2.58 bits per heavy atom. The lowest BCUT2D eigenvalue weighted by atomic mass is 9.96. The molecule has 0 aromatic heterocycles. The Labute approximate surface area is 144 Å². The molecule has 0 radical (unpaired) electrons. The van der Waals surface area contributed by atoms with Crippen molar-refractivity contribution in [3.63, 3.8) is 0 Å². The molecule has 0 bridgehead atoms. The largest absolute Gasteiger partial charge is 0.484 e. The van der Waals surface area contributed by atoms with Crippen molar-refractivity contribution in [1.29, 1.82) is 0 Å². The number of rotatable bonds is 4. The normalized spacial score (nSPS) is 10.9. The van der Waals surface area contributed by atoms with Crippen LogP contribution in [0.25, 0.3) is 10.8 Å². The number of carbonyl (C=O) groups excluding carboxylic acids is 1. The van der Waals surface area contributed by atoms with Crippen LogP contribution in [-0.4, -0.2) is 31.0 Å². The molecule has 0 saturated heterocycles. The molecule has 0 aliphatic carbocycles. The number of likely N-dealkylation sites (N-methyl/N-ethyl adjacent to an activating group) is 1. The Hall–Kier alpha value is -2.47. The molecule has 0 aliphatic rings. The predicted molar refractivity (Wildman–Crippen MR) is 99.1 cm³/mol. The first kappa shape index (κ1) is 17.9. The summed E-state index contributed by atoms with van der Waals surface area (Å²) in [4.78, 5) is 13.6. The van der Waals surface area contributed by atoms with E-state index in [1.54, 1.807) is 11.9 Å². The standard InChI is InChI=1S/C21H25NO2/c1-6-22(5)20(23)15-24-18-13-16-9-7-8-10-19(16)17(14-18)11-12-21(2,3)4/h7-10,13-14H,6,15H2,1-5H3. The van der Waals surface area contributed by atoms with Crippen molar-refractivity contribution in [1.82, 2.24) is 4.90 Å². The minimum absolute atomic E-state index is 0.0343. The van der Waals surface area contributed by atoms with Crippen LogP contribution in [-0.2, 0) is 4.79 Å². The lowest BCUT2D eigenvalue weighted by Gasteiger charge is -2.15. The van der Waals surface area contributed by atoms with Gasteiger partial charge in [0.05, 0.1) is 0 Å². The zero-order chi connectivity index (χ0) is 17.7. The van der Waals surface area contributed by atoms with Crippen molar-refractivity contribution in [2.24, 2.45) is 5.41 Å². The third-order valence-electron chi connectivity index (χ3n) is 3.67. The smallest absolute Gasteiger partial charge is 0.260 e. The summed E-state index contributed by atoms with van der Waals surface area (Å²) in [5, 5.41) is 2.16. The molecule has 0 unspecified atom stereocenters. The number of hydrogen-bond donors (Lipinski definition) is 0. The number of fused-ring (bicyclic) bond motifs is 1. The van der Waals surface area contributed by atoms with Gasteiger partial charge in [0.15, 0.2) is 6.61 Å². The highest BCUT2D eigenvalue weighted by atomic mass is 16.5. The summed E-state index contributed by atoms with van der Waals surface area (Å²) >= 11 is 0. The zero-order valence-electron chi connectivity index (χ0n) is 15.1. The molecule has 24 heavy (non-hydrogen) atoms. The van der Waals surface area contributed by atoms with Crippen LogP contribution in [0, 0.1) is 17.3 Å². The summed E-state index contributed by atoms with van der Waals surface area (Å²) in [7, 11) is 1.77. The van der Waals surface area contributed by atoms with E-state index >= 15 is 0 Å². The van der Waals surface area contributed by atoms with Gasteiger partial charge >= 0.3 is 0 Å². The second-order valence-electron chi connectivity index (χ2n) is 6.89. The van der Waals surface area contributed by atoms with E-state index in [0.29, 0.717) is 12.3 Å². The van der Waals surface area contributed by atoms with Gasteiger partial charge in [-0.2, -0.15) is 0 Å². The quantitative estimate of drug-likeness (QED) is 0.793. The van der Waals surface area contributed by atoms with E-state index in [1.807, 2.05) is 37.3 Å². The first-order chi connectivity index (χ1) is 11.3. The molecule has 0 aliphatic heterocycles. The maximum absolute atomic E-state index is 11.9. The van der Waals surface area contributed by atoms with E-state index in [4.69, 9.17) is 4.74 Å². The fourth-order valence-electron chi connectivity index (χ4n) is 2.16. The minimum Gasteiger partial charge on any atom is -0.484 e. The minimum atomic E-state index is -0.0717. The molecule has 3 nitrogen and oxygen atoms in total. The molecule has 0 spiro atoms. The molecular weight excluding hydrogens is 298 g/mol. The average Bonchev–Trinajstić information content (AvgIpc) is 2.56. The lowest BCUT2D eigenvalue weighted by Crippen LogP contribution is -2.31. The van der Waals surface area contributed by atoms with Gasteiger partial charge in [-0.1, -0.05) is 36.1 Å². The topological polar surface area (TPSA) is 29.5 Å². The van der Waals surface area contributed by atoms with Crippen molar-refractivity contribution in [2.45, 2.75) is 27.7 Å². The highest BCUT2D eigenvalue weighted by Gasteiger charge is 2.10. The van der Waals surface area contributed by atoms with Gasteiger partial charge < -0.3 is 9.64 Å². The third kappa shape index (κ3) is 4.76. The van der Waals surface area contributed by atoms with Crippen LogP contribution in [0.3, 0.4) is 0 Å². The van der Waals surface area contributed by atoms with Crippen LogP contribution in [0.1, 0.15) is 33.3 Å². The Bertz CT molecular complexity index is 791. The van der Waals surface area contributed by atoms with Gasteiger partial charge in [0, 0.05) is 24.6 Å². The Kier molecular flexibility index (Phi) is 5.51. The fraction of sp³-hybridized carbons (Fsp3) is 0.381. The molecule has 1 amide bonds. The van der Waals surface area contributed by atoms with Gasteiger partial charge in [-0.3, -0.25) is 4.79 Å². The summed E-state index contributed by atoms with van der Waals surface area (Å²) < 4.78 is 5.71. The van der Waals surface area contributed by atoms with Crippen molar-refractivity contribution in [3.05, 3.63) is 42.0 Å². The van der Waals surface area contributed by atoms with Crippen LogP contribution < -0.4 is 4.74 Å². The lowest BCUT2D eigenvalue weighted by molar-refractivity contribution is -0.131. The van der Waals surface area contributed by atoms with E-state index < -0.39 is 0 Å². The van der Waals surface area contributed by atoms with Gasteiger partial charge in [0.1, 0.15) is 5.75 Å². The van der Waals surface area contributed by atoms with E-state index in [1.165, 1.54) is 0 Å². The third-order valence-corrected chi connectivity index (χ3v) is 3.67. The van der Waals surface area contributed by atoms with E-state index in [2.05, 4.69) is 38.7 Å². The number of nitrogens with zero attached hydrogens (tertiary/aromatic N) is 1. The molecule has 3 heteroatoms. The molecule has 0 heterocycles. The van der Waals surface area contributed by atoms with Crippen molar-refractivity contribution < 1.29 is 9.53 Å². The molecule has 0 saturated carbocycles. The molecule has 0 fully saturated rings. The number of ether oxygens (including phenoxy) is 1. The number of benzene rings is 2. The molecule has 0 N–H and O–H groups in total. The van der Waals surface area contributed by atoms with Gasteiger partial charge in [-0.15, -0.1) is 0 Å². The zero-order valence-corrected chi connectivity index (χ0v) is 15.1. The number of hydrogen-bond acceptors (Lipinski definition) is 2. The van der Waals surface area contributed by atoms with Gasteiger partial charge in [0.2, 0.25) is 0 Å². The maximum Gasteiger partial charge on any atom is 0.260 e. The Balaban J connectivity index is 2.34. The van der Waals surface area contributed by atoms with Gasteiger partial charge in [-0.25, -0.2) is 0 Å².